The summed E-state index contributed by atoms with van der Waals surface area (Å²) in [6.07, 6.45) is 7.10. The third-order valence-electron chi connectivity index (χ3n) is 3.18. The molecule has 0 N–H and O–H groups in total. The number of fused-ring (bicyclic) bond motifs is 1. The Morgan fingerprint density at radius 3 is 2.83 bits per heavy atom. The molecule has 2 heteroatoms. The normalized spacial score (nSPS) is 48.5. The van der Waals surface area contributed by atoms with E-state index in [1.807, 2.05) is 0 Å². The predicted molar refractivity (Wildman–Crippen MR) is 50.6 cm³/mol. The Morgan fingerprint density at radius 1 is 1.25 bits per heavy atom. The van der Waals surface area contributed by atoms with Crippen LogP contribution in [0.2, 0.25) is 0 Å². The van der Waals surface area contributed by atoms with Gasteiger partial charge >= 0.3 is 0 Å². The number of hydrogen-bond acceptors (Lipinski definition) is 1. The second kappa shape index (κ2) is 3.55. The molecule has 0 amide bonds. The van der Waals surface area contributed by atoms with Gasteiger partial charge in [0, 0.05) is 11.3 Å². The average molecular weight is 189 g/mol. The van der Waals surface area contributed by atoms with Crippen molar-refractivity contribution in [1.29, 1.82) is 0 Å². The minimum absolute atomic E-state index is 0.374. The summed E-state index contributed by atoms with van der Waals surface area (Å²) in [5, 5.41) is 0.374. The molecular formula is C10H17ClO. The predicted octanol–water partition coefficient (Wildman–Crippen LogP) is 2.96. The number of ether oxygens (including phenoxy) is 1. The highest BCUT2D eigenvalue weighted by molar-refractivity contribution is 6.20. The van der Waals surface area contributed by atoms with Gasteiger partial charge in [0.25, 0.3) is 0 Å². The second-order valence-corrected chi connectivity index (χ2v) is 4.75. The summed E-state index contributed by atoms with van der Waals surface area (Å²) >= 11 is 6.31. The molecule has 2 rings (SSSR count). The SMILES string of the molecule is CC1CC(Cl)C2CCCCC2O1. The monoisotopic (exact) mass is 188 g/mol. The van der Waals surface area contributed by atoms with E-state index < -0.39 is 0 Å². The molecule has 70 valence electrons. The summed E-state index contributed by atoms with van der Waals surface area (Å²) in [5.41, 5.74) is 0. The van der Waals surface area contributed by atoms with Crippen molar-refractivity contribution in [3.05, 3.63) is 0 Å². The molecule has 0 aromatic carbocycles. The lowest BCUT2D eigenvalue weighted by Gasteiger charge is -2.41. The molecule has 0 aromatic rings. The summed E-state index contributed by atoms with van der Waals surface area (Å²) in [7, 11) is 0. The molecule has 1 nitrogen and oxygen atoms in total. The molecule has 0 bridgehead atoms. The van der Waals surface area contributed by atoms with Crippen LogP contribution in [0, 0.1) is 5.92 Å². The Bertz CT molecular complexity index is 160. The van der Waals surface area contributed by atoms with Gasteiger partial charge in [-0.3, -0.25) is 0 Å². The van der Waals surface area contributed by atoms with Crippen molar-refractivity contribution in [2.24, 2.45) is 5.92 Å². The Hall–Kier alpha value is 0.250. The van der Waals surface area contributed by atoms with Gasteiger partial charge < -0.3 is 4.74 Å². The first kappa shape index (κ1) is 8.83. The zero-order valence-corrected chi connectivity index (χ0v) is 8.39. The summed E-state index contributed by atoms with van der Waals surface area (Å²) in [4.78, 5) is 0. The lowest BCUT2D eigenvalue weighted by molar-refractivity contribution is -0.0883. The summed E-state index contributed by atoms with van der Waals surface area (Å²) in [6.45, 7) is 2.14. The van der Waals surface area contributed by atoms with E-state index in [4.69, 9.17) is 16.3 Å². The van der Waals surface area contributed by atoms with Crippen molar-refractivity contribution < 1.29 is 4.74 Å². The molecular weight excluding hydrogens is 172 g/mol. The highest BCUT2D eigenvalue weighted by atomic mass is 35.5. The van der Waals surface area contributed by atoms with Gasteiger partial charge in [-0.1, -0.05) is 12.8 Å². The zero-order valence-electron chi connectivity index (χ0n) is 7.63. The van der Waals surface area contributed by atoms with Crippen molar-refractivity contribution in [1.82, 2.24) is 0 Å². The van der Waals surface area contributed by atoms with E-state index >= 15 is 0 Å². The number of rotatable bonds is 0. The van der Waals surface area contributed by atoms with E-state index in [1.54, 1.807) is 0 Å². The van der Waals surface area contributed by atoms with Crippen LogP contribution in [0.3, 0.4) is 0 Å². The van der Waals surface area contributed by atoms with Crippen molar-refractivity contribution >= 4 is 11.6 Å². The van der Waals surface area contributed by atoms with Crippen molar-refractivity contribution in [2.75, 3.05) is 0 Å². The van der Waals surface area contributed by atoms with Crippen LogP contribution in [0.25, 0.3) is 0 Å². The fourth-order valence-corrected chi connectivity index (χ4v) is 3.09. The van der Waals surface area contributed by atoms with Gasteiger partial charge in [0.1, 0.15) is 0 Å². The standard InChI is InChI=1S/C10H17ClO/c1-7-6-9(11)8-4-2-3-5-10(8)12-7/h7-10H,2-6H2,1H3. The van der Waals surface area contributed by atoms with Crippen LogP contribution < -0.4 is 0 Å². The van der Waals surface area contributed by atoms with Crippen molar-refractivity contribution in [2.45, 2.75) is 56.6 Å². The first-order valence-corrected chi connectivity index (χ1v) is 5.50. The molecule has 1 aliphatic carbocycles. The van der Waals surface area contributed by atoms with E-state index in [0.717, 1.165) is 6.42 Å². The number of alkyl halides is 1. The molecule has 0 radical (unpaired) electrons. The van der Waals surface area contributed by atoms with Crippen LogP contribution in [-0.2, 0) is 4.74 Å². The summed E-state index contributed by atoms with van der Waals surface area (Å²) < 4.78 is 5.88. The molecule has 1 heterocycles. The Morgan fingerprint density at radius 2 is 2.00 bits per heavy atom. The van der Waals surface area contributed by atoms with Crippen LogP contribution >= 0.6 is 11.6 Å². The molecule has 2 aliphatic rings. The van der Waals surface area contributed by atoms with Gasteiger partial charge in [-0.25, -0.2) is 0 Å². The summed E-state index contributed by atoms with van der Waals surface area (Å²) in [5.74, 6) is 0.650. The minimum Gasteiger partial charge on any atom is -0.375 e. The van der Waals surface area contributed by atoms with Gasteiger partial charge in [-0.2, -0.15) is 0 Å². The molecule has 0 aromatic heterocycles. The maximum absolute atomic E-state index is 6.31. The molecule has 1 saturated carbocycles. The van der Waals surface area contributed by atoms with Gasteiger partial charge in [0.15, 0.2) is 0 Å². The van der Waals surface area contributed by atoms with E-state index in [1.165, 1.54) is 25.7 Å². The number of hydrogen-bond donors (Lipinski definition) is 0. The van der Waals surface area contributed by atoms with Crippen molar-refractivity contribution in [3.8, 4) is 0 Å². The first-order valence-electron chi connectivity index (χ1n) is 5.07. The smallest absolute Gasteiger partial charge is 0.0621 e. The second-order valence-electron chi connectivity index (χ2n) is 4.19. The van der Waals surface area contributed by atoms with Gasteiger partial charge in [0.2, 0.25) is 0 Å². The topological polar surface area (TPSA) is 9.23 Å². The van der Waals surface area contributed by atoms with E-state index in [0.29, 0.717) is 23.5 Å². The Balaban J connectivity index is 2.01. The molecule has 4 atom stereocenters. The quantitative estimate of drug-likeness (QED) is 0.532. The molecule has 12 heavy (non-hydrogen) atoms. The van der Waals surface area contributed by atoms with Crippen molar-refractivity contribution in [3.63, 3.8) is 0 Å². The van der Waals surface area contributed by atoms with Gasteiger partial charge in [-0.05, 0) is 26.2 Å². The summed E-state index contributed by atoms with van der Waals surface area (Å²) in [6, 6.07) is 0. The van der Waals surface area contributed by atoms with Crippen LogP contribution in [-0.4, -0.2) is 17.6 Å². The van der Waals surface area contributed by atoms with E-state index in [-0.39, 0.29) is 0 Å². The third kappa shape index (κ3) is 1.62. The van der Waals surface area contributed by atoms with Crippen LogP contribution in [0.15, 0.2) is 0 Å². The fraction of sp³-hybridized carbons (Fsp3) is 1.00. The lowest BCUT2D eigenvalue weighted by atomic mass is 9.80. The Labute approximate surface area is 79.4 Å². The van der Waals surface area contributed by atoms with Crippen LogP contribution in [0.4, 0.5) is 0 Å². The van der Waals surface area contributed by atoms with Crippen LogP contribution in [0.5, 0.6) is 0 Å². The first-order chi connectivity index (χ1) is 5.77. The zero-order chi connectivity index (χ0) is 8.55. The Kier molecular flexibility index (Phi) is 2.61. The van der Waals surface area contributed by atoms with Crippen LogP contribution in [0.1, 0.15) is 39.0 Å². The minimum atomic E-state index is 0.374. The molecule has 1 aliphatic heterocycles. The number of halogens is 1. The molecule has 1 saturated heterocycles. The van der Waals surface area contributed by atoms with E-state index in [9.17, 15) is 0 Å². The molecule has 0 spiro atoms. The maximum atomic E-state index is 6.31. The molecule has 4 unspecified atom stereocenters. The van der Waals surface area contributed by atoms with Gasteiger partial charge in [-0.15, -0.1) is 11.6 Å². The largest absolute Gasteiger partial charge is 0.375 e. The maximum Gasteiger partial charge on any atom is 0.0621 e. The highest BCUT2D eigenvalue weighted by Gasteiger charge is 2.37. The fourth-order valence-electron chi connectivity index (χ4n) is 2.55. The highest BCUT2D eigenvalue weighted by Crippen LogP contribution is 2.38. The average Bonchev–Trinajstić information content (AvgIpc) is 2.04. The lowest BCUT2D eigenvalue weighted by Crippen LogP contribution is -2.42. The third-order valence-corrected chi connectivity index (χ3v) is 3.68. The van der Waals surface area contributed by atoms with E-state index in [2.05, 4.69) is 6.92 Å². The molecule has 2 fully saturated rings. The van der Waals surface area contributed by atoms with Gasteiger partial charge in [0.05, 0.1) is 12.2 Å².